The number of nitrogens with zero attached hydrogens (tertiary/aromatic N) is 3. The van der Waals surface area contributed by atoms with Gasteiger partial charge in [0.05, 0.1) is 0 Å². The molecule has 2 N–H and O–H groups in total. The molecule has 5 heteroatoms. The minimum Gasteiger partial charge on any atom is -0.368 e. The first kappa shape index (κ1) is 12.5. The van der Waals surface area contributed by atoms with Crippen LogP contribution in [0, 0.1) is 13.8 Å². The van der Waals surface area contributed by atoms with E-state index in [-0.39, 0.29) is 0 Å². The zero-order chi connectivity index (χ0) is 13.6. The van der Waals surface area contributed by atoms with Crippen LogP contribution >= 0.6 is 15.9 Å². The van der Waals surface area contributed by atoms with Gasteiger partial charge in [0.2, 0.25) is 5.95 Å². The van der Waals surface area contributed by atoms with Gasteiger partial charge in [-0.3, -0.25) is 0 Å². The summed E-state index contributed by atoms with van der Waals surface area (Å²) >= 11 is 3.57. The first-order valence-corrected chi connectivity index (χ1v) is 7.12. The summed E-state index contributed by atoms with van der Waals surface area (Å²) in [6.07, 6.45) is 2.31. The van der Waals surface area contributed by atoms with Crippen molar-refractivity contribution in [2.45, 2.75) is 32.6 Å². The van der Waals surface area contributed by atoms with Crippen LogP contribution in [-0.2, 0) is 0 Å². The van der Waals surface area contributed by atoms with Gasteiger partial charge in [-0.15, -0.1) is 0 Å². The molecule has 19 heavy (non-hydrogen) atoms. The molecule has 1 aromatic carbocycles. The van der Waals surface area contributed by atoms with Crippen molar-refractivity contribution in [1.29, 1.82) is 0 Å². The van der Waals surface area contributed by atoms with Gasteiger partial charge >= 0.3 is 0 Å². The average Bonchev–Trinajstić information content (AvgIpc) is 3.18. The number of nitrogens with two attached hydrogens (primary N) is 1. The molecule has 0 radical (unpaired) electrons. The SMILES string of the molecule is Cc1cc(-c2nc(N)nc(C3CC3)n2)cc(C)c1Br. The lowest BCUT2D eigenvalue weighted by Crippen LogP contribution is -2.04. The van der Waals surface area contributed by atoms with Gasteiger partial charge in [0.25, 0.3) is 0 Å². The molecule has 98 valence electrons. The van der Waals surface area contributed by atoms with Crippen molar-refractivity contribution in [3.05, 3.63) is 33.6 Å². The van der Waals surface area contributed by atoms with E-state index in [2.05, 4.69) is 56.9 Å². The lowest BCUT2D eigenvalue weighted by atomic mass is 10.1. The van der Waals surface area contributed by atoms with Crippen LogP contribution in [0.2, 0.25) is 0 Å². The maximum Gasteiger partial charge on any atom is 0.223 e. The molecule has 0 unspecified atom stereocenters. The summed E-state index contributed by atoms with van der Waals surface area (Å²) in [5.74, 6) is 2.29. The Morgan fingerprint density at radius 1 is 1.11 bits per heavy atom. The molecule has 1 aliphatic rings. The molecule has 1 fully saturated rings. The lowest BCUT2D eigenvalue weighted by Gasteiger charge is -2.08. The molecule has 1 aliphatic carbocycles. The van der Waals surface area contributed by atoms with Crippen LogP contribution in [0.15, 0.2) is 16.6 Å². The predicted molar refractivity (Wildman–Crippen MR) is 78.8 cm³/mol. The highest BCUT2D eigenvalue weighted by Gasteiger charge is 2.27. The maximum absolute atomic E-state index is 5.80. The molecule has 0 bridgehead atoms. The molecule has 1 aromatic heterocycles. The third-order valence-corrected chi connectivity index (χ3v) is 4.56. The summed E-state index contributed by atoms with van der Waals surface area (Å²) in [4.78, 5) is 13.1. The second kappa shape index (κ2) is 4.56. The third-order valence-electron chi connectivity index (χ3n) is 3.31. The van der Waals surface area contributed by atoms with Crippen LogP contribution in [-0.4, -0.2) is 15.0 Å². The van der Waals surface area contributed by atoms with Crippen LogP contribution in [0.5, 0.6) is 0 Å². The van der Waals surface area contributed by atoms with E-state index in [1.807, 2.05) is 0 Å². The van der Waals surface area contributed by atoms with E-state index in [0.717, 1.165) is 28.7 Å². The number of hydrogen-bond acceptors (Lipinski definition) is 4. The van der Waals surface area contributed by atoms with Gasteiger partial charge in [0.1, 0.15) is 5.82 Å². The molecule has 0 atom stereocenters. The molecule has 3 rings (SSSR count). The molecule has 0 saturated heterocycles. The molecule has 4 nitrogen and oxygen atoms in total. The van der Waals surface area contributed by atoms with Gasteiger partial charge in [-0.05, 0) is 49.9 Å². The summed E-state index contributed by atoms with van der Waals surface area (Å²) in [5, 5.41) is 0. The Labute approximate surface area is 120 Å². The van der Waals surface area contributed by atoms with E-state index in [0.29, 0.717) is 17.7 Å². The van der Waals surface area contributed by atoms with Crippen molar-refractivity contribution in [1.82, 2.24) is 15.0 Å². The highest BCUT2D eigenvalue weighted by Crippen LogP contribution is 2.38. The Hall–Kier alpha value is -1.49. The van der Waals surface area contributed by atoms with Crippen molar-refractivity contribution < 1.29 is 0 Å². The standard InChI is InChI=1S/C14H15BrN4/c1-7-5-10(6-8(2)11(7)15)13-17-12(9-3-4-9)18-14(16)19-13/h5-6,9H,3-4H2,1-2H3,(H2,16,17,18,19). The summed E-state index contributed by atoms with van der Waals surface area (Å²) in [6.45, 7) is 4.12. The first-order valence-electron chi connectivity index (χ1n) is 6.33. The van der Waals surface area contributed by atoms with Crippen molar-refractivity contribution in [2.75, 3.05) is 5.73 Å². The monoisotopic (exact) mass is 318 g/mol. The van der Waals surface area contributed by atoms with E-state index in [4.69, 9.17) is 5.73 Å². The number of aromatic nitrogens is 3. The smallest absolute Gasteiger partial charge is 0.223 e. The number of rotatable bonds is 2. The fourth-order valence-corrected chi connectivity index (χ4v) is 2.37. The Morgan fingerprint density at radius 2 is 1.74 bits per heavy atom. The minimum atomic E-state index is 0.310. The molecular formula is C14H15BrN4. The maximum atomic E-state index is 5.80. The van der Waals surface area contributed by atoms with Crippen LogP contribution in [0.25, 0.3) is 11.4 Å². The van der Waals surface area contributed by atoms with Gasteiger partial charge in [-0.1, -0.05) is 15.9 Å². The topological polar surface area (TPSA) is 64.7 Å². The third kappa shape index (κ3) is 2.47. The second-order valence-electron chi connectivity index (χ2n) is 5.07. The fraction of sp³-hybridized carbons (Fsp3) is 0.357. The summed E-state index contributed by atoms with van der Waals surface area (Å²) in [5.41, 5.74) is 9.13. The number of anilines is 1. The molecule has 1 heterocycles. The quantitative estimate of drug-likeness (QED) is 0.921. The second-order valence-corrected chi connectivity index (χ2v) is 5.87. The van der Waals surface area contributed by atoms with Crippen molar-refractivity contribution >= 4 is 21.9 Å². The normalized spacial score (nSPS) is 14.7. The van der Waals surface area contributed by atoms with Crippen LogP contribution in [0.4, 0.5) is 5.95 Å². The number of hydrogen-bond donors (Lipinski definition) is 1. The van der Waals surface area contributed by atoms with Crippen LogP contribution in [0.1, 0.15) is 35.7 Å². The number of aryl methyl sites for hydroxylation is 2. The van der Waals surface area contributed by atoms with E-state index in [1.165, 1.54) is 11.1 Å². The molecule has 0 spiro atoms. The molecular weight excluding hydrogens is 304 g/mol. The van der Waals surface area contributed by atoms with Crippen molar-refractivity contribution in [3.8, 4) is 11.4 Å². The Morgan fingerprint density at radius 3 is 2.32 bits per heavy atom. The zero-order valence-electron chi connectivity index (χ0n) is 10.9. The molecule has 1 saturated carbocycles. The largest absolute Gasteiger partial charge is 0.368 e. The Balaban J connectivity index is 2.11. The summed E-state index contributed by atoms with van der Waals surface area (Å²) in [6, 6.07) is 4.14. The summed E-state index contributed by atoms with van der Waals surface area (Å²) < 4.78 is 1.13. The van der Waals surface area contributed by atoms with Crippen molar-refractivity contribution in [2.24, 2.45) is 0 Å². The first-order chi connectivity index (χ1) is 9.04. The van der Waals surface area contributed by atoms with E-state index < -0.39 is 0 Å². The van der Waals surface area contributed by atoms with Crippen molar-refractivity contribution in [3.63, 3.8) is 0 Å². The lowest BCUT2D eigenvalue weighted by molar-refractivity contribution is 0.902. The number of benzene rings is 1. The highest BCUT2D eigenvalue weighted by molar-refractivity contribution is 9.10. The Kier molecular flexibility index (Phi) is 3.01. The zero-order valence-corrected chi connectivity index (χ0v) is 12.5. The summed E-state index contributed by atoms with van der Waals surface area (Å²) in [7, 11) is 0. The van der Waals surface area contributed by atoms with E-state index in [9.17, 15) is 0 Å². The average molecular weight is 319 g/mol. The fourth-order valence-electron chi connectivity index (χ4n) is 2.14. The molecule has 2 aromatic rings. The van der Waals surface area contributed by atoms with E-state index >= 15 is 0 Å². The molecule has 0 amide bonds. The predicted octanol–water partition coefficient (Wildman–Crippen LogP) is 3.38. The van der Waals surface area contributed by atoms with Gasteiger partial charge in [-0.2, -0.15) is 9.97 Å². The molecule has 0 aliphatic heterocycles. The Bertz CT molecular complexity index is 627. The van der Waals surface area contributed by atoms with E-state index in [1.54, 1.807) is 0 Å². The van der Waals surface area contributed by atoms with Crippen LogP contribution < -0.4 is 5.73 Å². The highest BCUT2D eigenvalue weighted by atomic mass is 79.9. The van der Waals surface area contributed by atoms with Gasteiger partial charge in [-0.25, -0.2) is 4.98 Å². The number of halogens is 1. The number of nitrogen functional groups attached to an aromatic ring is 1. The minimum absolute atomic E-state index is 0.310. The van der Waals surface area contributed by atoms with Gasteiger partial charge in [0.15, 0.2) is 5.82 Å². The van der Waals surface area contributed by atoms with Gasteiger partial charge in [0, 0.05) is 16.0 Å². The van der Waals surface area contributed by atoms with Crippen LogP contribution in [0.3, 0.4) is 0 Å². The van der Waals surface area contributed by atoms with Gasteiger partial charge < -0.3 is 5.73 Å².